The van der Waals surface area contributed by atoms with Gasteiger partial charge in [-0.05, 0) is 31.9 Å². The van der Waals surface area contributed by atoms with Gasteiger partial charge in [0.15, 0.2) is 0 Å². The summed E-state index contributed by atoms with van der Waals surface area (Å²) in [5.74, 6) is -0.503. The Morgan fingerprint density at radius 1 is 1.50 bits per heavy atom. The number of nitrogens with zero attached hydrogens (tertiary/aromatic N) is 1. The van der Waals surface area contributed by atoms with E-state index in [9.17, 15) is 9.18 Å². The molecule has 1 saturated carbocycles. The van der Waals surface area contributed by atoms with Crippen molar-refractivity contribution in [3.63, 3.8) is 0 Å². The van der Waals surface area contributed by atoms with E-state index in [2.05, 4.69) is 4.90 Å². The van der Waals surface area contributed by atoms with Gasteiger partial charge >= 0.3 is 5.97 Å². The second-order valence-corrected chi connectivity index (χ2v) is 5.36. The highest BCUT2D eigenvalue weighted by Crippen LogP contribution is 2.30. The lowest BCUT2D eigenvalue weighted by atomic mass is 10.2. The topological polar surface area (TPSA) is 29.5 Å². The molecule has 3 nitrogen and oxygen atoms in total. The summed E-state index contributed by atoms with van der Waals surface area (Å²) in [4.78, 5) is 13.5. The molecule has 0 N–H and O–H groups in total. The van der Waals surface area contributed by atoms with Crippen LogP contribution in [0.3, 0.4) is 0 Å². The van der Waals surface area contributed by atoms with Crippen molar-refractivity contribution in [2.75, 3.05) is 13.2 Å². The van der Waals surface area contributed by atoms with Crippen LogP contribution < -0.4 is 0 Å². The number of carbonyl (C=O) groups is 1. The van der Waals surface area contributed by atoms with Crippen LogP contribution in [0.4, 0.5) is 4.39 Å². The molecule has 0 spiro atoms. The van der Waals surface area contributed by atoms with Crippen LogP contribution >= 0.6 is 11.6 Å². The van der Waals surface area contributed by atoms with Gasteiger partial charge in [0.05, 0.1) is 13.0 Å². The van der Waals surface area contributed by atoms with Crippen LogP contribution in [0.15, 0.2) is 18.2 Å². The Hall–Kier alpha value is -1.13. The highest BCUT2D eigenvalue weighted by Gasteiger charge is 2.30. The molecule has 1 aliphatic carbocycles. The standard InChI is InChI=1S/C15H19ClFNO2/c1-2-20-15(19)8-9-18(11-6-7-11)10-12-13(16)4-3-5-14(12)17/h3-5,11H,2,6-10H2,1H3. The second kappa shape index (κ2) is 7.04. The summed E-state index contributed by atoms with van der Waals surface area (Å²) in [6.07, 6.45) is 2.51. The largest absolute Gasteiger partial charge is 0.466 e. The second-order valence-electron chi connectivity index (χ2n) is 4.96. The molecule has 5 heteroatoms. The normalized spacial score (nSPS) is 14.6. The van der Waals surface area contributed by atoms with Crippen molar-refractivity contribution in [1.29, 1.82) is 0 Å². The molecule has 0 radical (unpaired) electrons. The van der Waals surface area contributed by atoms with Crippen LogP contribution in [0.2, 0.25) is 5.02 Å². The molecule has 0 heterocycles. The molecule has 0 bridgehead atoms. The van der Waals surface area contributed by atoms with E-state index in [1.807, 2.05) is 0 Å². The number of ether oxygens (including phenoxy) is 1. The lowest BCUT2D eigenvalue weighted by molar-refractivity contribution is -0.143. The van der Waals surface area contributed by atoms with E-state index in [1.54, 1.807) is 19.1 Å². The van der Waals surface area contributed by atoms with Crippen molar-refractivity contribution in [2.45, 2.75) is 38.8 Å². The van der Waals surface area contributed by atoms with E-state index in [-0.39, 0.29) is 11.8 Å². The highest BCUT2D eigenvalue weighted by molar-refractivity contribution is 6.31. The van der Waals surface area contributed by atoms with Gasteiger partial charge in [-0.1, -0.05) is 17.7 Å². The molecular formula is C15H19ClFNO2. The molecule has 20 heavy (non-hydrogen) atoms. The van der Waals surface area contributed by atoms with Gasteiger partial charge in [-0.25, -0.2) is 4.39 Å². The Morgan fingerprint density at radius 3 is 2.85 bits per heavy atom. The fraction of sp³-hybridized carbons (Fsp3) is 0.533. The molecule has 0 atom stereocenters. The smallest absolute Gasteiger partial charge is 0.307 e. The van der Waals surface area contributed by atoms with Crippen molar-refractivity contribution in [2.24, 2.45) is 0 Å². The average molecular weight is 300 g/mol. The van der Waals surface area contributed by atoms with Crippen molar-refractivity contribution >= 4 is 17.6 Å². The minimum Gasteiger partial charge on any atom is -0.466 e. The van der Waals surface area contributed by atoms with Gasteiger partial charge in [-0.15, -0.1) is 0 Å². The summed E-state index contributed by atoms with van der Waals surface area (Å²) in [5.41, 5.74) is 0.505. The third-order valence-corrected chi connectivity index (χ3v) is 3.75. The Kier molecular flexibility index (Phi) is 5.38. The van der Waals surface area contributed by atoms with Crippen LogP contribution in [-0.2, 0) is 16.1 Å². The maximum absolute atomic E-state index is 13.8. The van der Waals surface area contributed by atoms with E-state index in [1.165, 1.54) is 6.07 Å². The highest BCUT2D eigenvalue weighted by atomic mass is 35.5. The van der Waals surface area contributed by atoms with Crippen molar-refractivity contribution in [3.05, 3.63) is 34.6 Å². The quantitative estimate of drug-likeness (QED) is 0.723. The lowest BCUT2D eigenvalue weighted by Crippen LogP contribution is -2.29. The predicted octanol–water partition coefficient (Wildman–Crippen LogP) is 3.40. The van der Waals surface area contributed by atoms with Crippen LogP contribution in [0.5, 0.6) is 0 Å². The monoisotopic (exact) mass is 299 g/mol. The van der Waals surface area contributed by atoms with E-state index in [4.69, 9.17) is 16.3 Å². The summed E-state index contributed by atoms with van der Waals surface area (Å²) in [6, 6.07) is 5.13. The molecule has 0 aliphatic heterocycles. The molecule has 0 unspecified atom stereocenters. The van der Waals surface area contributed by atoms with E-state index in [0.29, 0.717) is 42.7 Å². The Balaban J connectivity index is 1.97. The van der Waals surface area contributed by atoms with Crippen LogP contribution in [-0.4, -0.2) is 30.1 Å². The van der Waals surface area contributed by atoms with Crippen LogP contribution in [0.25, 0.3) is 0 Å². The summed E-state index contributed by atoms with van der Waals surface area (Å²) in [6.45, 7) is 3.20. The maximum atomic E-state index is 13.8. The lowest BCUT2D eigenvalue weighted by Gasteiger charge is -2.22. The number of rotatable bonds is 7. The number of carbonyl (C=O) groups excluding carboxylic acids is 1. The van der Waals surface area contributed by atoms with Gasteiger partial charge in [0, 0.05) is 29.7 Å². The van der Waals surface area contributed by atoms with Crippen molar-refractivity contribution in [3.8, 4) is 0 Å². The van der Waals surface area contributed by atoms with Gasteiger partial charge in [-0.2, -0.15) is 0 Å². The van der Waals surface area contributed by atoms with E-state index >= 15 is 0 Å². The molecule has 0 saturated heterocycles. The first-order valence-corrected chi connectivity index (χ1v) is 7.32. The Bertz CT molecular complexity index is 457. The summed E-state index contributed by atoms with van der Waals surface area (Å²) in [7, 11) is 0. The Morgan fingerprint density at radius 2 is 2.25 bits per heavy atom. The third-order valence-electron chi connectivity index (χ3n) is 3.39. The number of hydrogen-bond acceptors (Lipinski definition) is 3. The SMILES string of the molecule is CCOC(=O)CCN(Cc1c(F)cccc1Cl)C1CC1. The summed E-state index contributed by atoms with van der Waals surface area (Å²) >= 11 is 6.05. The fourth-order valence-corrected chi connectivity index (χ4v) is 2.41. The zero-order valence-electron chi connectivity index (χ0n) is 11.6. The van der Waals surface area contributed by atoms with E-state index in [0.717, 1.165) is 12.8 Å². The number of esters is 1. The van der Waals surface area contributed by atoms with Crippen molar-refractivity contribution < 1.29 is 13.9 Å². The minimum atomic E-state index is -0.292. The number of halogens is 2. The first-order chi connectivity index (χ1) is 9.61. The first-order valence-electron chi connectivity index (χ1n) is 6.94. The predicted molar refractivity (Wildman–Crippen MR) is 76.1 cm³/mol. The van der Waals surface area contributed by atoms with Gasteiger partial charge in [0.1, 0.15) is 5.82 Å². The molecular weight excluding hydrogens is 281 g/mol. The average Bonchev–Trinajstić information content (AvgIpc) is 3.22. The van der Waals surface area contributed by atoms with Gasteiger partial charge < -0.3 is 4.74 Å². The Labute approximate surface area is 123 Å². The first kappa shape index (κ1) is 15.3. The van der Waals surface area contributed by atoms with Gasteiger partial charge in [0.25, 0.3) is 0 Å². The number of hydrogen-bond donors (Lipinski definition) is 0. The van der Waals surface area contributed by atoms with Gasteiger partial charge in [0.2, 0.25) is 0 Å². The van der Waals surface area contributed by atoms with Crippen LogP contribution in [0, 0.1) is 5.82 Å². The van der Waals surface area contributed by atoms with Gasteiger partial charge in [-0.3, -0.25) is 9.69 Å². The molecule has 0 aromatic heterocycles. The summed E-state index contributed by atoms with van der Waals surface area (Å²) < 4.78 is 18.7. The number of benzene rings is 1. The molecule has 1 aromatic carbocycles. The minimum absolute atomic E-state index is 0.210. The fourth-order valence-electron chi connectivity index (χ4n) is 2.18. The summed E-state index contributed by atoms with van der Waals surface area (Å²) in [5, 5.41) is 0.437. The molecule has 2 rings (SSSR count). The molecule has 1 aliphatic rings. The zero-order valence-corrected chi connectivity index (χ0v) is 12.3. The molecule has 110 valence electrons. The molecule has 1 fully saturated rings. The zero-order chi connectivity index (χ0) is 14.5. The molecule has 0 amide bonds. The van der Waals surface area contributed by atoms with Crippen molar-refractivity contribution in [1.82, 2.24) is 4.90 Å². The van der Waals surface area contributed by atoms with E-state index < -0.39 is 0 Å². The maximum Gasteiger partial charge on any atom is 0.307 e. The molecule has 1 aromatic rings. The van der Waals surface area contributed by atoms with Crippen LogP contribution in [0.1, 0.15) is 31.7 Å². The third kappa shape index (κ3) is 4.18.